The Bertz CT molecular complexity index is 1130. The number of carboxylic acid groups (broad SMARTS) is 1. The first-order valence-electron chi connectivity index (χ1n) is 13.4. The zero-order chi connectivity index (χ0) is 27.4. The molecular weight excluding hydrogens is 484 g/mol. The Kier molecular flexibility index (Phi) is 8.29. The van der Waals surface area contributed by atoms with Gasteiger partial charge in [-0.3, -0.25) is 4.79 Å². The first-order chi connectivity index (χ1) is 18.0. The Morgan fingerprint density at radius 3 is 2.18 bits per heavy atom. The highest BCUT2D eigenvalue weighted by atomic mass is 16.6. The molecule has 0 bridgehead atoms. The molecule has 1 fully saturated rings. The normalized spacial score (nSPS) is 18.9. The first-order valence-corrected chi connectivity index (χ1v) is 13.4. The fourth-order valence-corrected chi connectivity index (χ4v) is 5.56. The van der Waals surface area contributed by atoms with Crippen LogP contribution in [0.4, 0.5) is 9.59 Å². The largest absolute Gasteiger partial charge is 0.481 e. The summed E-state index contributed by atoms with van der Waals surface area (Å²) in [7, 11) is 0. The highest BCUT2D eigenvalue weighted by Gasteiger charge is 2.37. The number of ether oxygens (including phenoxy) is 2. The molecule has 0 saturated carbocycles. The maximum absolute atomic E-state index is 13.5. The number of carbonyl (C=O) groups excluding carboxylic acids is 2. The van der Waals surface area contributed by atoms with E-state index in [1.54, 1.807) is 9.80 Å². The summed E-state index contributed by atoms with van der Waals surface area (Å²) in [4.78, 5) is 40.6. The molecular formula is C30H38N2O6. The number of benzene rings is 2. The first kappa shape index (κ1) is 27.5. The number of piperidine rings is 1. The smallest absolute Gasteiger partial charge is 0.410 e. The fourth-order valence-electron chi connectivity index (χ4n) is 5.56. The summed E-state index contributed by atoms with van der Waals surface area (Å²) < 4.78 is 11.5. The van der Waals surface area contributed by atoms with E-state index in [2.05, 4.69) is 24.3 Å². The molecule has 1 N–H and O–H groups in total. The molecule has 2 aliphatic rings. The minimum Gasteiger partial charge on any atom is -0.481 e. The van der Waals surface area contributed by atoms with Crippen molar-refractivity contribution >= 4 is 18.2 Å². The van der Waals surface area contributed by atoms with E-state index in [0.717, 1.165) is 22.3 Å². The lowest BCUT2D eigenvalue weighted by atomic mass is 9.92. The van der Waals surface area contributed by atoms with Crippen LogP contribution in [0.5, 0.6) is 0 Å². The third-order valence-electron chi connectivity index (χ3n) is 7.27. The molecule has 2 unspecified atom stereocenters. The van der Waals surface area contributed by atoms with Gasteiger partial charge in [0, 0.05) is 38.0 Å². The SMILES string of the molecule is CC1CN(C(=O)OC(C)(C)C)CCC1N(CCCC(=O)O)C(=O)OCC1c2ccccc2-c2ccccc21. The predicted molar refractivity (Wildman–Crippen MR) is 144 cm³/mol. The van der Waals surface area contributed by atoms with Crippen LogP contribution >= 0.6 is 0 Å². The molecule has 1 heterocycles. The lowest BCUT2D eigenvalue weighted by molar-refractivity contribution is -0.137. The molecule has 8 nitrogen and oxygen atoms in total. The van der Waals surface area contributed by atoms with E-state index >= 15 is 0 Å². The second-order valence-corrected chi connectivity index (χ2v) is 11.3. The van der Waals surface area contributed by atoms with Crippen LogP contribution in [-0.2, 0) is 14.3 Å². The van der Waals surface area contributed by atoms with Crippen molar-refractivity contribution in [3.63, 3.8) is 0 Å². The molecule has 0 spiro atoms. The summed E-state index contributed by atoms with van der Waals surface area (Å²) >= 11 is 0. The van der Waals surface area contributed by atoms with Crippen LogP contribution < -0.4 is 0 Å². The van der Waals surface area contributed by atoms with Gasteiger partial charge in [-0.1, -0.05) is 55.5 Å². The highest BCUT2D eigenvalue weighted by Crippen LogP contribution is 2.44. The van der Waals surface area contributed by atoms with E-state index in [0.29, 0.717) is 25.9 Å². The van der Waals surface area contributed by atoms with Gasteiger partial charge < -0.3 is 24.4 Å². The topological polar surface area (TPSA) is 96.4 Å². The van der Waals surface area contributed by atoms with Crippen molar-refractivity contribution in [1.82, 2.24) is 9.80 Å². The maximum atomic E-state index is 13.5. The van der Waals surface area contributed by atoms with Crippen LogP contribution in [0.15, 0.2) is 48.5 Å². The van der Waals surface area contributed by atoms with Gasteiger partial charge in [-0.2, -0.15) is 0 Å². The summed E-state index contributed by atoms with van der Waals surface area (Å²) in [5, 5.41) is 9.16. The Balaban J connectivity index is 1.46. The standard InChI is InChI=1S/C30H38N2O6/c1-20-18-31(28(35)38-30(2,3)4)17-15-26(20)32(16-9-14-27(33)34)29(36)37-19-25-23-12-7-5-10-21(23)22-11-6-8-13-24(22)25/h5-8,10-13,20,25-26H,9,14-19H2,1-4H3,(H,33,34). The Hall–Kier alpha value is -3.55. The van der Waals surface area contributed by atoms with E-state index in [1.165, 1.54) is 0 Å². The van der Waals surface area contributed by atoms with E-state index < -0.39 is 17.7 Å². The van der Waals surface area contributed by atoms with E-state index in [-0.39, 0.29) is 43.5 Å². The molecule has 38 heavy (non-hydrogen) atoms. The number of hydrogen-bond acceptors (Lipinski definition) is 5. The van der Waals surface area contributed by atoms with Gasteiger partial charge in [0.1, 0.15) is 12.2 Å². The predicted octanol–water partition coefficient (Wildman–Crippen LogP) is 5.75. The van der Waals surface area contributed by atoms with Crippen molar-refractivity contribution in [1.29, 1.82) is 0 Å². The Morgan fingerprint density at radius 1 is 1.03 bits per heavy atom. The lowest BCUT2D eigenvalue weighted by Crippen LogP contribution is -2.54. The van der Waals surface area contributed by atoms with Gasteiger partial charge in [0.15, 0.2) is 0 Å². The van der Waals surface area contributed by atoms with Gasteiger partial charge in [0.25, 0.3) is 0 Å². The van der Waals surface area contributed by atoms with Crippen LogP contribution in [0.25, 0.3) is 11.1 Å². The molecule has 204 valence electrons. The molecule has 0 radical (unpaired) electrons. The van der Waals surface area contributed by atoms with E-state index in [4.69, 9.17) is 14.6 Å². The lowest BCUT2D eigenvalue weighted by Gasteiger charge is -2.42. The number of rotatable bonds is 7. The molecule has 2 aromatic rings. The number of fused-ring (bicyclic) bond motifs is 3. The molecule has 8 heteroatoms. The van der Waals surface area contributed by atoms with Crippen LogP contribution in [0.1, 0.15) is 64.0 Å². The number of hydrogen-bond donors (Lipinski definition) is 1. The quantitative estimate of drug-likeness (QED) is 0.498. The van der Waals surface area contributed by atoms with Gasteiger partial charge in [0.2, 0.25) is 0 Å². The molecule has 2 amide bonds. The van der Waals surface area contributed by atoms with E-state index in [1.807, 2.05) is 52.0 Å². The summed E-state index contributed by atoms with van der Waals surface area (Å²) in [6.07, 6.45) is 0.0651. The monoisotopic (exact) mass is 522 g/mol. The summed E-state index contributed by atoms with van der Waals surface area (Å²) in [5.74, 6) is -0.981. The van der Waals surface area contributed by atoms with Crippen molar-refractivity contribution in [3.8, 4) is 11.1 Å². The second-order valence-electron chi connectivity index (χ2n) is 11.3. The molecule has 1 aliphatic heterocycles. The number of carbonyl (C=O) groups is 3. The molecule has 1 saturated heterocycles. The number of carboxylic acids is 1. The van der Waals surface area contributed by atoms with Crippen LogP contribution in [0, 0.1) is 5.92 Å². The Labute approximate surface area is 224 Å². The minimum absolute atomic E-state index is 0.0263. The fraction of sp³-hybridized carbons (Fsp3) is 0.500. The summed E-state index contributed by atoms with van der Waals surface area (Å²) in [6.45, 7) is 8.90. The third kappa shape index (κ3) is 6.29. The van der Waals surface area contributed by atoms with Crippen molar-refractivity contribution in [2.24, 2.45) is 5.92 Å². The molecule has 4 rings (SSSR count). The van der Waals surface area contributed by atoms with Crippen molar-refractivity contribution in [3.05, 3.63) is 59.7 Å². The van der Waals surface area contributed by atoms with Crippen LogP contribution in [0.2, 0.25) is 0 Å². The van der Waals surface area contributed by atoms with Gasteiger partial charge in [-0.15, -0.1) is 0 Å². The average molecular weight is 523 g/mol. The van der Waals surface area contributed by atoms with Gasteiger partial charge in [-0.25, -0.2) is 9.59 Å². The molecule has 2 atom stereocenters. The summed E-state index contributed by atoms with van der Waals surface area (Å²) in [5.41, 5.74) is 4.01. The van der Waals surface area contributed by atoms with Crippen molar-refractivity contribution < 1.29 is 29.0 Å². The number of nitrogens with zero attached hydrogens (tertiary/aromatic N) is 2. The van der Waals surface area contributed by atoms with E-state index in [9.17, 15) is 14.4 Å². The molecule has 2 aromatic carbocycles. The van der Waals surface area contributed by atoms with Gasteiger partial charge >= 0.3 is 18.2 Å². The van der Waals surface area contributed by atoms with Gasteiger partial charge in [0.05, 0.1) is 0 Å². The summed E-state index contributed by atoms with van der Waals surface area (Å²) in [6, 6.07) is 16.2. The number of amides is 2. The van der Waals surface area contributed by atoms with Gasteiger partial charge in [-0.05, 0) is 61.8 Å². The Morgan fingerprint density at radius 2 is 1.63 bits per heavy atom. The zero-order valence-electron chi connectivity index (χ0n) is 22.7. The highest BCUT2D eigenvalue weighted by molar-refractivity contribution is 5.79. The minimum atomic E-state index is -0.898. The zero-order valence-corrected chi connectivity index (χ0v) is 22.7. The molecule has 1 aliphatic carbocycles. The van der Waals surface area contributed by atoms with Crippen LogP contribution in [0.3, 0.4) is 0 Å². The van der Waals surface area contributed by atoms with Crippen molar-refractivity contribution in [2.45, 2.75) is 64.5 Å². The number of aliphatic carboxylic acids is 1. The number of likely N-dealkylation sites (tertiary alicyclic amines) is 1. The average Bonchev–Trinajstić information content (AvgIpc) is 3.18. The second kappa shape index (κ2) is 11.5. The maximum Gasteiger partial charge on any atom is 0.410 e. The van der Waals surface area contributed by atoms with Crippen molar-refractivity contribution in [2.75, 3.05) is 26.2 Å². The third-order valence-corrected chi connectivity index (χ3v) is 7.27. The molecule has 0 aromatic heterocycles. The van der Waals surface area contributed by atoms with Crippen LogP contribution in [-0.4, -0.2) is 70.9 Å².